The molecule has 39 heavy (non-hydrogen) atoms. The van der Waals surface area contributed by atoms with Crippen LogP contribution in [-0.2, 0) is 9.59 Å². The molecule has 0 unspecified atom stereocenters. The molecule has 0 amide bonds. The number of carbonyl (C=O) groups is 2. The molecule has 11 heteroatoms. The lowest BCUT2D eigenvalue weighted by atomic mass is 10.0. The topological polar surface area (TPSA) is 103 Å². The molecule has 3 rings (SSSR count). The highest BCUT2D eigenvalue weighted by Crippen LogP contribution is 2.22. The molecule has 2 N–H and O–H groups in total. The fourth-order valence-electron chi connectivity index (χ4n) is 3.90. The van der Waals surface area contributed by atoms with Crippen molar-refractivity contribution in [1.29, 1.82) is 0 Å². The molecular weight excluding hydrogens is 528 g/mol. The van der Waals surface area contributed by atoms with Gasteiger partial charge in [0.1, 0.15) is 5.75 Å². The lowest BCUT2D eigenvalue weighted by Gasteiger charge is -2.37. The number of likely N-dealkylation sites (tertiary alicyclic amines) is 1. The number of benzene rings is 2. The molecule has 1 aliphatic heterocycles. The van der Waals surface area contributed by atoms with E-state index in [1.807, 2.05) is 30.3 Å². The maximum atomic E-state index is 13.2. The highest BCUT2D eigenvalue weighted by molar-refractivity contribution is 8.13. The molecule has 1 aliphatic rings. The first-order valence-electron chi connectivity index (χ1n) is 12.5. The first-order chi connectivity index (χ1) is 18.7. The van der Waals surface area contributed by atoms with Crippen molar-refractivity contribution in [2.45, 2.75) is 31.7 Å². The third-order valence-electron chi connectivity index (χ3n) is 5.97. The van der Waals surface area contributed by atoms with Gasteiger partial charge in [0.25, 0.3) is 0 Å². The number of aliphatic imine (C=N–C) groups is 1. The maximum Gasteiger partial charge on any atom is 0.328 e. The van der Waals surface area contributed by atoms with Gasteiger partial charge in [-0.15, -0.1) is 0 Å². The van der Waals surface area contributed by atoms with Crippen LogP contribution in [0.4, 0.5) is 14.5 Å². The molecule has 1 fully saturated rings. The van der Waals surface area contributed by atoms with Gasteiger partial charge >= 0.3 is 11.9 Å². The van der Waals surface area contributed by atoms with Crippen LogP contribution in [0.1, 0.15) is 25.7 Å². The number of para-hydroxylation sites is 1. The van der Waals surface area contributed by atoms with E-state index in [1.165, 1.54) is 6.07 Å². The van der Waals surface area contributed by atoms with Crippen molar-refractivity contribution >= 4 is 34.6 Å². The zero-order valence-electron chi connectivity index (χ0n) is 22.1. The molecule has 212 valence electrons. The standard InChI is InChI=1S/C24H31F2N3OS.C4H4O4/c1-28(24(31-2)27-19-8-4-3-5-9-19)20-12-15-29(16-13-20)14-6-7-17-30-21-10-11-22(25)23(26)18-21;5-3(6)1-2-4(7)8/h3-5,8-11,18,20H,6-7,12-17H2,1-2H3;1-2H,(H,5,6)(H,7,8). The van der Waals surface area contributed by atoms with Crippen LogP contribution in [0.2, 0.25) is 0 Å². The number of piperidine rings is 1. The number of ether oxygens (including phenoxy) is 1. The van der Waals surface area contributed by atoms with E-state index in [9.17, 15) is 18.4 Å². The number of carboxylic acid groups (broad SMARTS) is 2. The number of hydrogen-bond donors (Lipinski definition) is 2. The van der Waals surface area contributed by atoms with E-state index in [-0.39, 0.29) is 0 Å². The van der Waals surface area contributed by atoms with Gasteiger partial charge in [0.2, 0.25) is 0 Å². The van der Waals surface area contributed by atoms with Crippen molar-refractivity contribution in [3.63, 3.8) is 0 Å². The number of amidine groups is 1. The highest BCUT2D eigenvalue weighted by atomic mass is 32.2. The van der Waals surface area contributed by atoms with Crippen LogP contribution in [0.5, 0.6) is 5.75 Å². The van der Waals surface area contributed by atoms with Gasteiger partial charge in [-0.1, -0.05) is 30.0 Å². The number of nitrogens with zero attached hydrogens (tertiary/aromatic N) is 3. The van der Waals surface area contributed by atoms with Crippen LogP contribution in [-0.4, -0.2) is 82.7 Å². The summed E-state index contributed by atoms with van der Waals surface area (Å²) in [4.78, 5) is 28.7. The second-order valence-corrected chi connectivity index (χ2v) is 9.53. The van der Waals surface area contributed by atoms with Gasteiger partial charge < -0.3 is 24.7 Å². The summed E-state index contributed by atoms with van der Waals surface area (Å²) in [6.07, 6.45) is 7.35. The highest BCUT2D eigenvalue weighted by Gasteiger charge is 2.24. The molecule has 8 nitrogen and oxygen atoms in total. The van der Waals surface area contributed by atoms with Crippen LogP contribution in [0, 0.1) is 11.6 Å². The van der Waals surface area contributed by atoms with Gasteiger partial charge in [-0.2, -0.15) is 0 Å². The number of halogens is 2. The van der Waals surface area contributed by atoms with E-state index in [4.69, 9.17) is 19.9 Å². The molecule has 0 aromatic heterocycles. The van der Waals surface area contributed by atoms with E-state index >= 15 is 0 Å². The Morgan fingerprint density at radius 3 is 2.26 bits per heavy atom. The Hall–Kier alpha value is -3.44. The van der Waals surface area contributed by atoms with Crippen molar-refractivity contribution in [3.05, 3.63) is 72.3 Å². The van der Waals surface area contributed by atoms with Crippen LogP contribution in [0.15, 0.2) is 65.7 Å². The van der Waals surface area contributed by atoms with Crippen molar-refractivity contribution in [3.8, 4) is 5.75 Å². The Morgan fingerprint density at radius 1 is 1.05 bits per heavy atom. The van der Waals surface area contributed by atoms with Crippen molar-refractivity contribution in [1.82, 2.24) is 9.80 Å². The lowest BCUT2D eigenvalue weighted by molar-refractivity contribution is -0.134. The van der Waals surface area contributed by atoms with Crippen LogP contribution >= 0.6 is 11.8 Å². The predicted molar refractivity (Wildman–Crippen MR) is 150 cm³/mol. The minimum atomic E-state index is -1.26. The molecule has 2 aromatic rings. The monoisotopic (exact) mass is 563 g/mol. The molecule has 0 bridgehead atoms. The number of unbranched alkanes of at least 4 members (excludes halogenated alkanes) is 1. The normalized spacial score (nSPS) is 14.5. The third kappa shape index (κ3) is 12.3. The summed E-state index contributed by atoms with van der Waals surface area (Å²) in [5.74, 6) is -3.86. The second kappa shape index (κ2) is 17.2. The van der Waals surface area contributed by atoms with Gasteiger partial charge in [-0.25, -0.2) is 23.4 Å². The molecule has 1 saturated heterocycles. The van der Waals surface area contributed by atoms with Gasteiger partial charge in [0, 0.05) is 44.4 Å². The Balaban J connectivity index is 0.000000580. The summed E-state index contributed by atoms with van der Waals surface area (Å²) in [6, 6.07) is 14.3. The van der Waals surface area contributed by atoms with E-state index in [1.54, 1.807) is 11.8 Å². The van der Waals surface area contributed by atoms with E-state index in [2.05, 4.69) is 23.1 Å². The Bertz CT molecular complexity index is 1090. The molecular formula is C28H35F2N3O5S. The Labute approximate surface area is 232 Å². The summed E-state index contributed by atoms with van der Waals surface area (Å²) >= 11 is 1.69. The molecule has 2 aromatic carbocycles. The summed E-state index contributed by atoms with van der Waals surface area (Å²) in [5.41, 5.74) is 0.988. The minimum absolute atomic E-state index is 0.379. The van der Waals surface area contributed by atoms with Gasteiger partial charge in [-0.05, 0) is 62.7 Å². The van der Waals surface area contributed by atoms with Crippen LogP contribution in [0.3, 0.4) is 0 Å². The van der Waals surface area contributed by atoms with E-state index in [0.717, 1.165) is 68.3 Å². The molecule has 0 radical (unpaired) electrons. The maximum absolute atomic E-state index is 13.2. The average molecular weight is 564 g/mol. The van der Waals surface area contributed by atoms with Crippen LogP contribution in [0.25, 0.3) is 0 Å². The van der Waals surface area contributed by atoms with Crippen LogP contribution < -0.4 is 4.74 Å². The Morgan fingerprint density at radius 2 is 1.69 bits per heavy atom. The largest absolute Gasteiger partial charge is 0.493 e. The van der Waals surface area contributed by atoms with E-state index < -0.39 is 23.6 Å². The SMILES string of the molecule is CSC(=Nc1ccccc1)N(C)C1CCN(CCCCOc2ccc(F)c(F)c2)CC1.O=C(O)C=CC(=O)O. The quantitative estimate of drug-likeness (QED) is 0.174. The first kappa shape index (κ1) is 31.8. The van der Waals surface area contributed by atoms with Gasteiger partial charge in [-0.3, -0.25) is 0 Å². The third-order valence-corrected chi connectivity index (χ3v) is 6.71. The Kier molecular flexibility index (Phi) is 14.0. The molecule has 0 saturated carbocycles. The fourth-order valence-corrected chi connectivity index (χ4v) is 4.54. The fraction of sp³-hybridized carbons (Fsp3) is 0.393. The first-order valence-corrected chi connectivity index (χ1v) is 13.8. The number of hydrogen-bond acceptors (Lipinski definition) is 6. The van der Waals surface area contributed by atoms with Crippen molar-refractivity contribution in [2.75, 3.05) is 39.5 Å². The van der Waals surface area contributed by atoms with Gasteiger partial charge in [0.05, 0.1) is 12.3 Å². The molecule has 1 heterocycles. The molecule has 0 atom stereocenters. The minimum Gasteiger partial charge on any atom is -0.493 e. The summed E-state index contributed by atoms with van der Waals surface area (Å²) in [5, 5.41) is 16.7. The summed E-state index contributed by atoms with van der Waals surface area (Å²) in [6.45, 7) is 3.69. The number of rotatable bonds is 10. The zero-order valence-corrected chi connectivity index (χ0v) is 22.9. The lowest BCUT2D eigenvalue weighted by Crippen LogP contribution is -2.45. The predicted octanol–water partition coefficient (Wildman–Crippen LogP) is 5.28. The summed E-state index contributed by atoms with van der Waals surface area (Å²) in [7, 11) is 2.15. The zero-order chi connectivity index (χ0) is 28.6. The van der Waals surface area contributed by atoms with Crippen molar-refractivity contribution in [2.24, 2.45) is 4.99 Å². The second-order valence-electron chi connectivity index (χ2n) is 8.76. The van der Waals surface area contributed by atoms with Crippen molar-refractivity contribution < 1.29 is 33.3 Å². The van der Waals surface area contributed by atoms with E-state index in [0.29, 0.717) is 30.6 Å². The van der Waals surface area contributed by atoms with Gasteiger partial charge in [0.15, 0.2) is 16.8 Å². The number of aliphatic carboxylic acids is 2. The smallest absolute Gasteiger partial charge is 0.328 e. The molecule has 0 spiro atoms. The summed E-state index contributed by atoms with van der Waals surface area (Å²) < 4.78 is 31.7. The number of thioether (sulfide) groups is 1. The molecule has 0 aliphatic carbocycles. The average Bonchev–Trinajstić information content (AvgIpc) is 2.93. The number of carboxylic acids is 2.